The molecule has 0 fully saturated rings. The smallest absolute Gasteiger partial charge is 0.341 e. The fraction of sp³-hybridized carbons (Fsp3) is 0. The van der Waals surface area contributed by atoms with E-state index in [4.69, 9.17) is 15.6 Å². The highest BCUT2D eigenvalue weighted by Crippen LogP contribution is 2.24. The molecule has 18 heavy (non-hydrogen) atoms. The summed E-state index contributed by atoms with van der Waals surface area (Å²) in [6.45, 7) is 0. The van der Waals surface area contributed by atoms with E-state index in [-0.39, 0.29) is 22.9 Å². The molecule has 0 aliphatic carbocycles. The molecule has 0 saturated heterocycles. The minimum atomic E-state index is -1.22. The zero-order valence-corrected chi connectivity index (χ0v) is 9.13. The molecule has 0 unspecified atom stereocenters. The Morgan fingerprint density at radius 2 is 2.17 bits per heavy atom. The van der Waals surface area contributed by atoms with E-state index in [1.807, 2.05) is 0 Å². The Hall–Kier alpha value is -2.63. The third-order valence-electron chi connectivity index (χ3n) is 2.11. The van der Waals surface area contributed by atoms with Crippen molar-refractivity contribution >= 4 is 11.7 Å². The maximum atomic E-state index is 13.0. The number of nitrogen functional groups attached to an aromatic ring is 1. The van der Waals surface area contributed by atoms with Crippen molar-refractivity contribution in [3.8, 4) is 11.6 Å². The summed E-state index contributed by atoms with van der Waals surface area (Å²) in [6.07, 6.45) is 1.26. The molecule has 0 radical (unpaired) electrons. The highest BCUT2D eigenvalue weighted by Gasteiger charge is 2.14. The van der Waals surface area contributed by atoms with Crippen molar-refractivity contribution in [2.75, 3.05) is 5.73 Å². The van der Waals surface area contributed by atoms with Crippen LogP contribution in [0.2, 0.25) is 0 Å². The lowest BCUT2D eigenvalue weighted by Gasteiger charge is -2.07. The van der Waals surface area contributed by atoms with Crippen molar-refractivity contribution in [3.05, 3.63) is 47.9 Å². The Bertz CT molecular complexity index is 602. The van der Waals surface area contributed by atoms with Crippen LogP contribution in [0.4, 0.5) is 10.1 Å². The van der Waals surface area contributed by atoms with Gasteiger partial charge in [-0.1, -0.05) is 6.07 Å². The minimum Gasteiger partial charge on any atom is -0.477 e. The normalized spacial score (nSPS) is 10.1. The van der Waals surface area contributed by atoms with Crippen LogP contribution >= 0.6 is 0 Å². The number of carboxylic acids is 1. The van der Waals surface area contributed by atoms with Gasteiger partial charge in [0.05, 0.1) is 11.9 Å². The Labute approximate surface area is 102 Å². The number of anilines is 1. The monoisotopic (exact) mass is 248 g/mol. The van der Waals surface area contributed by atoms with Crippen LogP contribution in [0.1, 0.15) is 10.4 Å². The maximum absolute atomic E-state index is 13.0. The second-order valence-corrected chi connectivity index (χ2v) is 3.49. The summed E-state index contributed by atoms with van der Waals surface area (Å²) >= 11 is 0. The topological polar surface area (TPSA) is 85.4 Å². The second-order valence-electron chi connectivity index (χ2n) is 3.49. The summed E-state index contributed by atoms with van der Waals surface area (Å²) in [4.78, 5) is 14.8. The van der Waals surface area contributed by atoms with Gasteiger partial charge in [0.15, 0.2) is 0 Å². The van der Waals surface area contributed by atoms with Crippen LogP contribution in [0.5, 0.6) is 11.6 Å². The molecule has 1 aromatic heterocycles. The number of aromatic nitrogens is 1. The summed E-state index contributed by atoms with van der Waals surface area (Å²) in [5.41, 5.74) is 5.47. The maximum Gasteiger partial charge on any atom is 0.341 e. The van der Waals surface area contributed by atoms with Crippen molar-refractivity contribution in [3.63, 3.8) is 0 Å². The van der Waals surface area contributed by atoms with Gasteiger partial charge in [0, 0.05) is 6.07 Å². The van der Waals surface area contributed by atoms with Gasteiger partial charge in [-0.15, -0.1) is 0 Å². The summed E-state index contributed by atoms with van der Waals surface area (Å²) in [5, 5.41) is 8.97. The quantitative estimate of drug-likeness (QED) is 0.870. The van der Waals surface area contributed by atoms with Crippen molar-refractivity contribution in [2.24, 2.45) is 0 Å². The lowest BCUT2D eigenvalue weighted by molar-refractivity contribution is 0.0693. The molecule has 2 aromatic rings. The van der Waals surface area contributed by atoms with Crippen LogP contribution in [-0.2, 0) is 0 Å². The highest BCUT2D eigenvalue weighted by atomic mass is 19.1. The Balaban J connectivity index is 2.37. The average molecular weight is 248 g/mol. The predicted octanol–water partition coefficient (Wildman–Crippen LogP) is 2.29. The van der Waals surface area contributed by atoms with Crippen molar-refractivity contribution < 1.29 is 19.0 Å². The molecule has 0 saturated carbocycles. The van der Waals surface area contributed by atoms with E-state index < -0.39 is 11.8 Å². The van der Waals surface area contributed by atoms with Crippen LogP contribution in [0.15, 0.2) is 36.5 Å². The van der Waals surface area contributed by atoms with Gasteiger partial charge in [0.1, 0.15) is 17.1 Å². The van der Waals surface area contributed by atoms with Crippen LogP contribution in [0, 0.1) is 5.82 Å². The second kappa shape index (κ2) is 4.70. The predicted molar refractivity (Wildman–Crippen MR) is 62.1 cm³/mol. The number of pyridine rings is 1. The van der Waals surface area contributed by atoms with E-state index >= 15 is 0 Å². The highest BCUT2D eigenvalue weighted by molar-refractivity contribution is 5.91. The molecule has 0 aliphatic rings. The summed E-state index contributed by atoms with van der Waals surface area (Å²) < 4.78 is 18.2. The minimum absolute atomic E-state index is 0.137. The van der Waals surface area contributed by atoms with Gasteiger partial charge in [0.25, 0.3) is 0 Å². The number of carboxylic acid groups (broad SMARTS) is 1. The molecule has 0 aliphatic heterocycles. The third kappa shape index (κ3) is 2.54. The Morgan fingerprint density at radius 1 is 1.39 bits per heavy atom. The number of carbonyl (C=O) groups is 1. The van der Waals surface area contributed by atoms with Gasteiger partial charge in [-0.25, -0.2) is 14.2 Å². The number of halogens is 1. The van der Waals surface area contributed by atoms with Crippen molar-refractivity contribution in [1.29, 1.82) is 0 Å². The Morgan fingerprint density at radius 3 is 2.83 bits per heavy atom. The molecule has 0 bridgehead atoms. The molecule has 3 N–H and O–H groups in total. The van der Waals surface area contributed by atoms with Gasteiger partial charge in [-0.05, 0) is 18.2 Å². The number of nitrogens with zero attached hydrogens (tertiary/aromatic N) is 1. The molecule has 2 rings (SSSR count). The average Bonchev–Trinajstić information content (AvgIpc) is 2.31. The van der Waals surface area contributed by atoms with Crippen LogP contribution in [0.25, 0.3) is 0 Å². The summed E-state index contributed by atoms with van der Waals surface area (Å²) in [5.74, 6) is -1.68. The molecular weight excluding hydrogens is 239 g/mol. The fourth-order valence-electron chi connectivity index (χ4n) is 1.35. The van der Waals surface area contributed by atoms with Gasteiger partial charge in [-0.3, -0.25) is 0 Å². The molecule has 0 atom stereocenters. The van der Waals surface area contributed by atoms with E-state index in [1.165, 1.54) is 30.5 Å². The molecule has 1 heterocycles. The van der Waals surface area contributed by atoms with Gasteiger partial charge >= 0.3 is 5.97 Å². The number of rotatable bonds is 3. The van der Waals surface area contributed by atoms with E-state index in [9.17, 15) is 9.18 Å². The summed E-state index contributed by atoms with van der Waals surface area (Å²) in [7, 11) is 0. The van der Waals surface area contributed by atoms with Crippen molar-refractivity contribution in [2.45, 2.75) is 0 Å². The number of nitrogens with two attached hydrogens (primary N) is 1. The SMILES string of the molecule is Nc1cnc(Oc2cccc(F)c2)c(C(=O)O)c1. The summed E-state index contributed by atoms with van der Waals surface area (Å²) in [6, 6.07) is 6.55. The van der Waals surface area contributed by atoms with E-state index in [1.54, 1.807) is 0 Å². The molecule has 0 amide bonds. The standard InChI is InChI=1S/C12H9FN2O3/c13-7-2-1-3-9(4-7)18-11-10(12(16)17)5-8(14)6-15-11/h1-6H,14H2,(H,16,17). The van der Waals surface area contributed by atoms with Crippen LogP contribution in [0.3, 0.4) is 0 Å². The number of aromatic carboxylic acids is 1. The number of hydrogen-bond acceptors (Lipinski definition) is 4. The number of hydrogen-bond donors (Lipinski definition) is 2. The van der Waals surface area contributed by atoms with Gasteiger partial charge in [-0.2, -0.15) is 0 Å². The fourth-order valence-corrected chi connectivity index (χ4v) is 1.35. The molecule has 5 nitrogen and oxygen atoms in total. The Kier molecular flexibility index (Phi) is 3.09. The van der Waals surface area contributed by atoms with E-state index in [0.717, 1.165) is 6.07 Å². The van der Waals surface area contributed by atoms with E-state index in [2.05, 4.69) is 4.98 Å². The molecule has 0 spiro atoms. The zero-order chi connectivity index (χ0) is 13.1. The lowest BCUT2D eigenvalue weighted by Crippen LogP contribution is -2.03. The van der Waals surface area contributed by atoms with Crippen molar-refractivity contribution in [1.82, 2.24) is 4.98 Å². The molecule has 6 heteroatoms. The number of ether oxygens (including phenoxy) is 1. The molecular formula is C12H9FN2O3. The van der Waals surface area contributed by atoms with Crippen LogP contribution in [-0.4, -0.2) is 16.1 Å². The largest absolute Gasteiger partial charge is 0.477 e. The lowest BCUT2D eigenvalue weighted by atomic mass is 10.2. The van der Waals surface area contributed by atoms with Gasteiger partial charge in [0.2, 0.25) is 5.88 Å². The molecule has 1 aromatic carbocycles. The first-order valence-corrected chi connectivity index (χ1v) is 4.98. The molecule has 92 valence electrons. The van der Waals surface area contributed by atoms with Gasteiger partial charge < -0.3 is 15.6 Å². The first kappa shape index (κ1) is 11.8. The number of benzene rings is 1. The van der Waals surface area contributed by atoms with Crippen LogP contribution < -0.4 is 10.5 Å². The first-order chi connectivity index (χ1) is 8.56. The first-order valence-electron chi connectivity index (χ1n) is 4.98. The zero-order valence-electron chi connectivity index (χ0n) is 9.13. The van der Waals surface area contributed by atoms with E-state index in [0.29, 0.717) is 0 Å². The third-order valence-corrected chi connectivity index (χ3v) is 2.11.